The van der Waals surface area contributed by atoms with Gasteiger partial charge in [0.15, 0.2) is 5.11 Å². The zero-order valence-corrected chi connectivity index (χ0v) is 18.3. The molecule has 0 aromatic heterocycles. The summed E-state index contributed by atoms with van der Waals surface area (Å²) in [4.78, 5) is 16.0. The summed E-state index contributed by atoms with van der Waals surface area (Å²) in [6.07, 6.45) is -3.46. The molecule has 0 saturated carbocycles. The minimum atomic E-state index is -4.49. The Bertz CT molecular complexity index is 896. The molecular formula is C21H26F3N3O2S. The smallest absolute Gasteiger partial charge is 0.416 e. The van der Waals surface area contributed by atoms with E-state index < -0.39 is 17.3 Å². The third-order valence-corrected chi connectivity index (χ3v) is 5.98. The van der Waals surface area contributed by atoms with Crippen molar-refractivity contribution in [2.24, 2.45) is 0 Å². The minimum absolute atomic E-state index is 0.100. The van der Waals surface area contributed by atoms with Gasteiger partial charge in [-0.3, -0.25) is 4.79 Å². The first-order valence-electron chi connectivity index (χ1n) is 9.89. The second kappa shape index (κ2) is 8.09. The number of ether oxygens (including phenoxy) is 1. The maximum absolute atomic E-state index is 13.4. The summed E-state index contributed by atoms with van der Waals surface area (Å²) in [5.41, 5.74) is -0.146. The quantitative estimate of drug-likeness (QED) is 0.715. The van der Waals surface area contributed by atoms with Gasteiger partial charge in [-0.1, -0.05) is 0 Å². The molecule has 1 fully saturated rings. The summed E-state index contributed by atoms with van der Waals surface area (Å²) in [5.74, 6) is 0.233. The maximum Gasteiger partial charge on any atom is 0.416 e. The molecule has 5 nitrogen and oxygen atoms in total. The standard InChI is InChI=1S/C21H26F3N3O2S/c1-5-26(4)19(30)25-12-15-18(27-10-6-7-17(27)28)14-11-13(21(22,23)24)8-9-16(14)29-20(15,2)3/h8-9,11H,5-7,10,12H2,1-4H3,(H,25,30). The van der Waals surface area contributed by atoms with Crippen LogP contribution in [0.5, 0.6) is 5.75 Å². The van der Waals surface area contributed by atoms with Crippen LogP contribution >= 0.6 is 12.2 Å². The van der Waals surface area contributed by atoms with Crippen molar-refractivity contribution in [1.29, 1.82) is 0 Å². The molecule has 30 heavy (non-hydrogen) atoms. The van der Waals surface area contributed by atoms with Crippen LogP contribution in [0.4, 0.5) is 13.2 Å². The number of hydrogen-bond acceptors (Lipinski definition) is 3. The van der Waals surface area contributed by atoms with Gasteiger partial charge in [0.2, 0.25) is 5.91 Å². The number of benzene rings is 1. The lowest BCUT2D eigenvalue weighted by atomic mass is 9.88. The summed E-state index contributed by atoms with van der Waals surface area (Å²) < 4.78 is 46.3. The lowest BCUT2D eigenvalue weighted by Crippen LogP contribution is -2.45. The molecule has 0 spiro atoms. The average Bonchev–Trinajstić information content (AvgIpc) is 3.08. The summed E-state index contributed by atoms with van der Waals surface area (Å²) in [5, 5.41) is 3.68. The van der Waals surface area contributed by atoms with Crippen LogP contribution < -0.4 is 10.1 Å². The number of nitrogens with zero attached hydrogens (tertiary/aromatic N) is 2. The Morgan fingerprint density at radius 1 is 1.37 bits per heavy atom. The van der Waals surface area contributed by atoms with Crippen molar-refractivity contribution >= 4 is 28.9 Å². The number of carbonyl (C=O) groups is 1. The lowest BCUT2D eigenvalue weighted by molar-refractivity contribution is -0.137. The van der Waals surface area contributed by atoms with Crippen LogP contribution in [0.2, 0.25) is 0 Å². The van der Waals surface area contributed by atoms with Gasteiger partial charge in [-0.2, -0.15) is 13.2 Å². The van der Waals surface area contributed by atoms with E-state index in [9.17, 15) is 18.0 Å². The molecule has 1 amide bonds. The van der Waals surface area contributed by atoms with Crippen LogP contribution in [0.1, 0.15) is 44.7 Å². The number of carbonyl (C=O) groups excluding carboxylic acids is 1. The van der Waals surface area contributed by atoms with Gasteiger partial charge in [0, 0.05) is 44.2 Å². The highest BCUT2D eigenvalue weighted by Crippen LogP contribution is 2.45. The Morgan fingerprint density at radius 3 is 2.63 bits per heavy atom. The first-order valence-corrected chi connectivity index (χ1v) is 10.3. The van der Waals surface area contributed by atoms with E-state index in [1.165, 1.54) is 6.07 Å². The third kappa shape index (κ3) is 4.26. The molecule has 0 radical (unpaired) electrons. The van der Waals surface area contributed by atoms with Crippen molar-refractivity contribution in [3.05, 3.63) is 34.9 Å². The summed E-state index contributed by atoms with van der Waals surface area (Å²) in [6.45, 7) is 7.08. The Balaban J connectivity index is 2.14. The lowest BCUT2D eigenvalue weighted by Gasteiger charge is -2.40. The topological polar surface area (TPSA) is 44.8 Å². The third-order valence-electron chi connectivity index (χ3n) is 5.52. The Kier molecular flexibility index (Phi) is 6.04. The molecule has 1 saturated heterocycles. The van der Waals surface area contributed by atoms with Gasteiger partial charge in [-0.15, -0.1) is 0 Å². The second-order valence-corrected chi connectivity index (χ2v) is 8.36. The van der Waals surface area contributed by atoms with E-state index >= 15 is 0 Å². The molecule has 0 aliphatic carbocycles. The van der Waals surface area contributed by atoms with Gasteiger partial charge >= 0.3 is 6.18 Å². The molecule has 2 aliphatic heterocycles. The summed E-state index contributed by atoms with van der Waals surface area (Å²) >= 11 is 5.39. The highest BCUT2D eigenvalue weighted by molar-refractivity contribution is 7.80. The number of likely N-dealkylation sites (tertiary alicyclic amines) is 1. The average molecular weight is 442 g/mol. The van der Waals surface area contributed by atoms with E-state index in [2.05, 4.69) is 5.32 Å². The van der Waals surface area contributed by atoms with Crippen LogP contribution in [-0.4, -0.2) is 53.1 Å². The Labute approximate surface area is 179 Å². The Morgan fingerprint density at radius 2 is 2.07 bits per heavy atom. The Hall–Kier alpha value is -2.29. The summed E-state index contributed by atoms with van der Waals surface area (Å²) in [7, 11) is 1.85. The molecule has 1 aromatic rings. The fraction of sp³-hybridized carbons (Fsp3) is 0.524. The van der Waals surface area contributed by atoms with Crippen LogP contribution in [-0.2, 0) is 11.0 Å². The molecule has 0 atom stereocenters. The fourth-order valence-electron chi connectivity index (χ4n) is 3.70. The molecular weight excluding hydrogens is 415 g/mol. The molecule has 2 aliphatic rings. The predicted molar refractivity (Wildman–Crippen MR) is 113 cm³/mol. The van der Waals surface area contributed by atoms with Crippen LogP contribution in [0.15, 0.2) is 23.8 Å². The van der Waals surface area contributed by atoms with Crippen molar-refractivity contribution < 1.29 is 22.7 Å². The number of amides is 1. The van der Waals surface area contributed by atoms with E-state index in [4.69, 9.17) is 17.0 Å². The van der Waals surface area contributed by atoms with Crippen molar-refractivity contribution in [1.82, 2.24) is 15.1 Å². The first-order chi connectivity index (χ1) is 14.0. The number of halogens is 3. The van der Waals surface area contributed by atoms with Gasteiger partial charge in [0.25, 0.3) is 0 Å². The molecule has 3 rings (SSSR count). The molecule has 0 bridgehead atoms. The molecule has 1 N–H and O–H groups in total. The number of rotatable bonds is 4. The molecule has 9 heteroatoms. The van der Waals surface area contributed by atoms with Crippen molar-refractivity contribution in [2.45, 2.75) is 45.4 Å². The van der Waals surface area contributed by atoms with Crippen LogP contribution in [0.25, 0.3) is 5.70 Å². The molecule has 1 aromatic carbocycles. The zero-order valence-electron chi connectivity index (χ0n) is 17.5. The van der Waals surface area contributed by atoms with Crippen molar-refractivity contribution in [3.8, 4) is 5.75 Å². The van der Waals surface area contributed by atoms with Crippen molar-refractivity contribution in [3.63, 3.8) is 0 Å². The molecule has 2 heterocycles. The fourth-order valence-corrected chi connectivity index (χ4v) is 3.90. The minimum Gasteiger partial charge on any atom is -0.483 e. The van der Waals surface area contributed by atoms with E-state index in [0.717, 1.165) is 12.1 Å². The van der Waals surface area contributed by atoms with Crippen LogP contribution in [0, 0.1) is 0 Å². The number of thiocarbonyl (C=S) groups is 1. The highest BCUT2D eigenvalue weighted by atomic mass is 32.1. The largest absolute Gasteiger partial charge is 0.483 e. The van der Waals surface area contributed by atoms with E-state index in [1.54, 1.807) is 4.90 Å². The number of fused-ring (bicyclic) bond motifs is 1. The first kappa shape index (κ1) is 22.4. The van der Waals surface area contributed by atoms with E-state index in [-0.39, 0.29) is 18.0 Å². The van der Waals surface area contributed by atoms with Gasteiger partial charge in [0.05, 0.1) is 11.3 Å². The number of hydrogen-bond donors (Lipinski definition) is 1. The highest BCUT2D eigenvalue weighted by Gasteiger charge is 2.41. The molecule has 0 unspecified atom stereocenters. The van der Waals surface area contributed by atoms with Gasteiger partial charge < -0.3 is 19.9 Å². The number of nitrogens with one attached hydrogen (secondary N) is 1. The van der Waals surface area contributed by atoms with E-state index in [1.807, 2.05) is 32.7 Å². The van der Waals surface area contributed by atoms with Gasteiger partial charge in [-0.05, 0) is 57.6 Å². The summed E-state index contributed by atoms with van der Waals surface area (Å²) in [6, 6.07) is 3.41. The van der Waals surface area contributed by atoms with Crippen LogP contribution in [0.3, 0.4) is 0 Å². The SMILES string of the molecule is CCN(C)C(=S)NCC1=C(N2CCCC2=O)c2cc(C(F)(F)F)ccc2OC1(C)C. The zero-order chi connectivity index (χ0) is 22.3. The van der Waals surface area contributed by atoms with Gasteiger partial charge in [0.1, 0.15) is 11.4 Å². The van der Waals surface area contributed by atoms with Crippen molar-refractivity contribution in [2.75, 3.05) is 26.7 Å². The maximum atomic E-state index is 13.4. The normalized spacial score (nSPS) is 18.2. The van der Waals surface area contributed by atoms with Gasteiger partial charge in [-0.25, -0.2) is 0 Å². The number of alkyl halides is 3. The van der Waals surface area contributed by atoms with E-state index in [0.29, 0.717) is 48.1 Å². The second-order valence-electron chi connectivity index (χ2n) is 7.97. The monoisotopic (exact) mass is 441 g/mol. The predicted octanol–water partition coefficient (Wildman–Crippen LogP) is 4.04. The molecule has 164 valence electrons.